The summed E-state index contributed by atoms with van der Waals surface area (Å²) in [6, 6.07) is -0.0792. The lowest BCUT2D eigenvalue weighted by atomic mass is 10.0. The van der Waals surface area contributed by atoms with E-state index in [2.05, 4.69) is 20.2 Å². The summed E-state index contributed by atoms with van der Waals surface area (Å²) in [5, 5.41) is 9.73. The van der Waals surface area contributed by atoms with Crippen molar-refractivity contribution in [3.05, 3.63) is 11.3 Å². The number of nitrogens with zero attached hydrogens (tertiary/aromatic N) is 1. The van der Waals surface area contributed by atoms with E-state index in [0.29, 0.717) is 12.1 Å². The van der Waals surface area contributed by atoms with Gasteiger partial charge in [-0.25, -0.2) is 13.1 Å². The van der Waals surface area contributed by atoms with Gasteiger partial charge in [0.2, 0.25) is 0 Å². The Balaban J connectivity index is 3.07. The second kappa shape index (κ2) is 6.49. The number of aryl methyl sites for hydroxylation is 1. The highest BCUT2D eigenvalue weighted by atomic mass is 32.2. The predicted molar refractivity (Wildman–Crippen MR) is 75.3 cm³/mol. The van der Waals surface area contributed by atoms with E-state index in [1.54, 1.807) is 7.05 Å². The maximum absolute atomic E-state index is 12.4. The summed E-state index contributed by atoms with van der Waals surface area (Å²) in [4.78, 5) is 0. The van der Waals surface area contributed by atoms with E-state index < -0.39 is 10.0 Å². The van der Waals surface area contributed by atoms with Crippen LogP contribution in [0.3, 0.4) is 0 Å². The molecule has 19 heavy (non-hydrogen) atoms. The van der Waals surface area contributed by atoms with Gasteiger partial charge in [0, 0.05) is 23.8 Å². The van der Waals surface area contributed by atoms with Crippen molar-refractivity contribution in [3.63, 3.8) is 0 Å². The molecule has 1 atom stereocenters. The van der Waals surface area contributed by atoms with Crippen LogP contribution in [0.2, 0.25) is 0 Å². The third-order valence-electron chi connectivity index (χ3n) is 3.20. The summed E-state index contributed by atoms with van der Waals surface area (Å²) in [5.41, 5.74) is 1.46. The summed E-state index contributed by atoms with van der Waals surface area (Å²) in [6.07, 6.45) is 0.752. The molecule has 0 spiro atoms. The highest BCUT2D eigenvalue weighted by molar-refractivity contribution is 7.89. The van der Waals surface area contributed by atoms with Gasteiger partial charge in [0.15, 0.2) is 5.03 Å². The molecule has 0 radical (unpaired) electrons. The van der Waals surface area contributed by atoms with Crippen LogP contribution in [0.4, 0.5) is 0 Å². The van der Waals surface area contributed by atoms with Gasteiger partial charge < -0.3 is 5.32 Å². The van der Waals surface area contributed by atoms with E-state index in [4.69, 9.17) is 0 Å². The van der Waals surface area contributed by atoms with Crippen LogP contribution in [-0.4, -0.2) is 31.7 Å². The summed E-state index contributed by atoms with van der Waals surface area (Å²) in [5.74, 6) is 0.243. The number of hydrogen-bond donors (Lipinski definition) is 3. The summed E-state index contributed by atoms with van der Waals surface area (Å²) < 4.78 is 27.5. The zero-order valence-corrected chi connectivity index (χ0v) is 13.1. The summed E-state index contributed by atoms with van der Waals surface area (Å²) >= 11 is 0. The molecule has 0 aliphatic rings. The molecule has 0 saturated carbocycles. The van der Waals surface area contributed by atoms with E-state index in [1.165, 1.54) is 0 Å². The van der Waals surface area contributed by atoms with Gasteiger partial charge in [-0.2, -0.15) is 5.10 Å². The second-order valence-corrected chi connectivity index (χ2v) is 6.67. The molecule has 0 amide bonds. The first-order valence-electron chi connectivity index (χ1n) is 6.54. The molecule has 0 aliphatic carbocycles. The van der Waals surface area contributed by atoms with Crippen LogP contribution in [0.1, 0.15) is 38.4 Å². The zero-order chi connectivity index (χ0) is 14.6. The van der Waals surface area contributed by atoms with Gasteiger partial charge in [-0.15, -0.1) is 0 Å². The Bertz CT molecular complexity index is 508. The Morgan fingerprint density at radius 3 is 2.47 bits per heavy atom. The van der Waals surface area contributed by atoms with Gasteiger partial charge in [0.1, 0.15) is 0 Å². The van der Waals surface area contributed by atoms with Crippen LogP contribution in [-0.2, 0) is 16.6 Å². The van der Waals surface area contributed by atoms with Crippen LogP contribution in [0.25, 0.3) is 0 Å². The van der Waals surface area contributed by atoms with Crippen molar-refractivity contribution < 1.29 is 8.42 Å². The van der Waals surface area contributed by atoms with Gasteiger partial charge in [0.05, 0.1) is 0 Å². The maximum Gasteiger partial charge on any atom is 0.260 e. The van der Waals surface area contributed by atoms with Gasteiger partial charge in [-0.3, -0.25) is 5.10 Å². The molecule has 1 unspecified atom stereocenters. The zero-order valence-electron chi connectivity index (χ0n) is 12.2. The molecule has 1 aromatic heterocycles. The van der Waals surface area contributed by atoms with E-state index in [9.17, 15) is 8.42 Å². The van der Waals surface area contributed by atoms with Gasteiger partial charge in [-0.05, 0) is 26.3 Å². The SMILES string of the molecule is CCC(NS(=O)(=O)c1n[nH]c(C)c1CNC)C(C)C. The van der Waals surface area contributed by atoms with Crippen LogP contribution in [0.5, 0.6) is 0 Å². The predicted octanol–water partition coefficient (Wildman–Crippen LogP) is 1.15. The van der Waals surface area contributed by atoms with Crippen LogP contribution in [0.15, 0.2) is 5.03 Å². The molecule has 0 saturated heterocycles. The molecule has 0 fully saturated rings. The Morgan fingerprint density at radius 2 is 2.00 bits per heavy atom. The Hall–Kier alpha value is -0.920. The molecule has 1 aromatic rings. The molecule has 0 aliphatic heterocycles. The third kappa shape index (κ3) is 3.77. The normalized spacial score (nSPS) is 14.0. The minimum absolute atomic E-state index is 0.0792. The first-order valence-corrected chi connectivity index (χ1v) is 8.02. The van der Waals surface area contributed by atoms with Gasteiger partial charge in [-0.1, -0.05) is 20.8 Å². The van der Waals surface area contributed by atoms with Gasteiger partial charge >= 0.3 is 0 Å². The standard InChI is InChI=1S/C12H24N4O2S/c1-6-11(8(2)3)16-19(17,18)12-10(7-13-5)9(4)14-15-12/h8,11,13,16H,6-7H2,1-5H3,(H,14,15). The Kier molecular flexibility index (Phi) is 5.51. The van der Waals surface area contributed by atoms with Crippen molar-refractivity contribution in [1.29, 1.82) is 0 Å². The summed E-state index contributed by atoms with van der Waals surface area (Å²) in [6.45, 7) is 8.26. The number of nitrogens with one attached hydrogen (secondary N) is 3. The molecule has 110 valence electrons. The van der Waals surface area contributed by atoms with Crippen LogP contribution in [0, 0.1) is 12.8 Å². The number of aromatic nitrogens is 2. The number of H-pyrrole nitrogens is 1. The van der Waals surface area contributed by atoms with Crippen molar-refractivity contribution in [2.24, 2.45) is 5.92 Å². The first-order chi connectivity index (χ1) is 8.83. The number of sulfonamides is 1. The minimum atomic E-state index is -3.58. The van der Waals surface area contributed by atoms with Crippen molar-refractivity contribution in [1.82, 2.24) is 20.2 Å². The lowest BCUT2D eigenvalue weighted by Gasteiger charge is -2.20. The van der Waals surface area contributed by atoms with E-state index in [-0.39, 0.29) is 17.0 Å². The Labute approximate surface area is 115 Å². The average Bonchev–Trinajstić information content (AvgIpc) is 2.69. The number of rotatable bonds is 7. The van der Waals surface area contributed by atoms with Crippen molar-refractivity contribution in [2.45, 2.75) is 51.7 Å². The fourth-order valence-corrected chi connectivity index (χ4v) is 3.65. The van der Waals surface area contributed by atoms with Crippen LogP contribution < -0.4 is 10.0 Å². The number of aromatic amines is 1. The lowest BCUT2D eigenvalue weighted by molar-refractivity contribution is 0.436. The fourth-order valence-electron chi connectivity index (χ4n) is 1.98. The molecule has 6 nitrogen and oxygen atoms in total. The molecule has 1 heterocycles. The molecular formula is C12H24N4O2S. The van der Waals surface area contributed by atoms with Crippen molar-refractivity contribution >= 4 is 10.0 Å². The topological polar surface area (TPSA) is 86.9 Å². The molecule has 1 rings (SSSR count). The quantitative estimate of drug-likeness (QED) is 0.702. The highest BCUT2D eigenvalue weighted by Crippen LogP contribution is 2.18. The molecule has 3 N–H and O–H groups in total. The Morgan fingerprint density at radius 1 is 1.37 bits per heavy atom. The maximum atomic E-state index is 12.4. The highest BCUT2D eigenvalue weighted by Gasteiger charge is 2.26. The second-order valence-electron chi connectivity index (χ2n) is 5.04. The first kappa shape index (κ1) is 16.1. The van der Waals surface area contributed by atoms with E-state index >= 15 is 0 Å². The van der Waals surface area contributed by atoms with Crippen molar-refractivity contribution in [2.75, 3.05) is 7.05 Å². The van der Waals surface area contributed by atoms with Crippen LogP contribution >= 0.6 is 0 Å². The average molecular weight is 288 g/mol. The minimum Gasteiger partial charge on any atom is -0.316 e. The van der Waals surface area contributed by atoms with Crippen molar-refractivity contribution in [3.8, 4) is 0 Å². The molecule has 0 aromatic carbocycles. The van der Waals surface area contributed by atoms with E-state index in [1.807, 2.05) is 27.7 Å². The molecule has 0 bridgehead atoms. The number of hydrogen-bond acceptors (Lipinski definition) is 4. The molecular weight excluding hydrogens is 264 g/mol. The van der Waals surface area contributed by atoms with Gasteiger partial charge in [0.25, 0.3) is 10.0 Å². The lowest BCUT2D eigenvalue weighted by Crippen LogP contribution is -2.38. The smallest absolute Gasteiger partial charge is 0.260 e. The largest absolute Gasteiger partial charge is 0.316 e. The fraction of sp³-hybridized carbons (Fsp3) is 0.750. The third-order valence-corrected chi connectivity index (χ3v) is 4.65. The summed E-state index contributed by atoms with van der Waals surface area (Å²) in [7, 11) is -1.80. The molecule has 7 heteroatoms. The van der Waals surface area contributed by atoms with E-state index in [0.717, 1.165) is 12.1 Å². The monoisotopic (exact) mass is 288 g/mol.